The van der Waals surface area contributed by atoms with Gasteiger partial charge in [-0.1, -0.05) is 34.8 Å². The summed E-state index contributed by atoms with van der Waals surface area (Å²) in [5.74, 6) is 0. The number of nitrogens with one attached hydrogen (secondary N) is 1. The fourth-order valence-corrected chi connectivity index (χ4v) is 5.41. The lowest BCUT2D eigenvalue weighted by Gasteiger charge is -2.06. The summed E-state index contributed by atoms with van der Waals surface area (Å²) in [5, 5.41) is 0. The minimum Gasteiger partial charge on any atom is -0.368 e. The molecule has 0 aromatic carbocycles. The first-order chi connectivity index (χ1) is 3.06. The minimum absolute atomic E-state index is 0.632. The fourth-order valence-electron chi connectivity index (χ4n) is 0.200. The van der Waals surface area contributed by atoms with Gasteiger partial charge < -0.3 is 4.65 Å². The lowest BCUT2D eigenvalue weighted by atomic mass is 11.8. The van der Waals surface area contributed by atoms with Crippen molar-refractivity contribution in [3.63, 3.8) is 0 Å². The van der Waals surface area contributed by atoms with Gasteiger partial charge >= 0.3 is 0 Å². The van der Waals surface area contributed by atoms with Gasteiger partial charge in [0.2, 0.25) is 0 Å². The molecule has 1 nitrogen and oxygen atoms in total. The molecule has 0 fully saturated rings. The summed E-state index contributed by atoms with van der Waals surface area (Å²) in [4.78, 5) is 0. The molecule has 0 rings (SSSR count). The van der Waals surface area contributed by atoms with Crippen LogP contribution in [0, 0.1) is 0 Å². The Kier molecular flexibility index (Phi) is 3.92. The monoisotopic (exact) mass is 193 g/mol. The highest BCUT2D eigenvalue weighted by atomic mass is 35.6. The first kappa shape index (κ1) is 8.26. The van der Waals surface area contributed by atoms with Crippen molar-refractivity contribution >= 4 is 54.9 Å². The first-order valence-electron chi connectivity index (χ1n) is 1.77. The van der Waals surface area contributed by atoms with Crippen molar-refractivity contribution in [3.8, 4) is 0 Å². The van der Waals surface area contributed by atoms with Crippen molar-refractivity contribution in [1.82, 2.24) is 4.65 Å². The molecule has 0 aromatic heterocycles. The van der Waals surface area contributed by atoms with Gasteiger partial charge in [-0.15, -0.1) is 0 Å². The number of hydrogen-bond acceptors (Lipinski definition) is 1. The Hall–Kier alpha value is 1.26. The van der Waals surface area contributed by atoms with Crippen molar-refractivity contribution in [2.24, 2.45) is 0 Å². The number of alkyl halides is 3. The summed E-state index contributed by atoms with van der Waals surface area (Å²) in [6.45, 7) is 0. The zero-order valence-electron chi connectivity index (χ0n) is 3.84. The van der Waals surface area contributed by atoms with Crippen molar-refractivity contribution in [3.05, 3.63) is 0 Å². The summed E-state index contributed by atoms with van der Waals surface area (Å²) < 4.78 is 2.02. The molecule has 1 N–H and O–H groups in total. The molecule has 7 heavy (non-hydrogen) atoms. The van der Waals surface area contributed by atoms with Crippen LogP contribution in [0.15, 0.2) is 0 Å². The summed E-state index contributed by atoms with van der Waals surface area (Å²) in [5.41, 5.74) is 0. The van der Waals surface area contributed by atoms with E-state index in [1.54, 1.807) is 0 Å². The van der Waals surface area contributed by atoms with Crippen LogP contribution in [0.4, 0.5) is 0 Å². The van der Waals surface area contributed by atoms with Crippen LogP contribution in [0.2, 0.25) is 0 Å². The second-order valence-corrected chi connectivity index (χ2v) is 9.25. The summed E-state index contributed by atoms with van der Waals surface area (Å²) in [6, 6.07) is 0. The quantitative estimate of drug-likeness (QED) is 0.429. The topological polar surface area (TPSA) is 12.0 Å². The van der Waals surface area contributed by atoms with E-state index in [2.05, 4.69) is 4.65 Å². The molecular formula is CH6Cl3NSi2. The van der Waals surface area contributed by atoms with Gasteiger partial charge in [0.1, 0.15) is 9.68 Å². The fraction of sp³-hybridized carbons (Fsp3) is 1.00. The highest BCUT2D eigenvalue weighted by molar-refractivity contribution is 6.87. The molecule has 6 heteroatoms. The standard InChI is InChI=1S/CH6Cl3NSi2/c2-1(3,4)7-5-6/h5H,7H2,6H3. The number of halogens is 3. The summed E-state index contributed by atoms with van der Waals surface area (Å²) in [6.07, 6.45) is 0. The molecule has 0 aliphatic rings. The Morgan fingerprint density at radius 3 is 1.86 bits per heavy atom. The molecule has 0 spiro atoms. The van der Waals surface area contributed by atoms with Crippen molar-refractivity contribution in [2.45, 2.75) is 3.42 Å². The van der Waals surface area contributed by atoms with E-state index in [1.807, 2.05) is 0 Å². The molecule has 0 saturated heterocycles. The van der Waals surface area contributed by atoms with Crippen LogP contribution in [-0.4, -0.2) is 23.5 Å². The summed E-state index contributed by atoms with van der Waals surface area (Å²) in [7, 11) is 0.296. The van der Waals surface area contributed by atoms with E-state index in [-0.39, 0.29) is 0 Å². The van der Waals surface area contributed by atoms with E-state index in [0.29, 0.717) is 0 Å². The van der Waals surface area contributed by atoms with Gasteiger partial charge in [0, 0.05) is 0 Å². The molecular weight excluding hydrogens is 189 g/mol. The maximum Gasteiger partial charge on any atom is 0.184 e. The van der Waals surface area contributed by atoms with Crippen molar-refractivity contribution < 1.29 is 0 Å². The Balaban J connectivity index is 3.15. The molecule has 0 amide bonds. The van der Waals surface area contributed by atoms with Gasteiger partial charge in [-0.25, -0.2) is 0 Å². The Morgan fingerprint density at radius 1 is 1.43 bits per heavy atom. The Labute approximate surface area is 63.1 Å². The van der Waals surface area contributed by atoms with Crippen LogP contribution in [0.25, 0.3) is 0 Å². The third kappa shape index (κ3) is 7.26. The molecule has 44 valence electrons. The van der Waals surface area contributed by atoms with E-state index in [9.17, 15) is 0 Å². The SMILES string of the molecule is [SiH3]N[SiH2]C(Cl)(Cl)Cl. The Bertz CT molecular complexity index is 51.4. The average molecular weight is 195 g/mol. The first-order valence-corrected chi connectivity index (χ1v) is 5.32. The van der Waals surface area contributed by atoms with Crippen LogP contribution < -0.4 is 4.65 Å². The molecule has 0 heterocycles. The van der Waals surface area contributed by atoms with E-state index in [4.69, 9.17) is 34.8 Å². The smallest absolute Gasteiger partial charge is 0.184 e. The molecule has 0 unspecified atom stereocenters. The molecule has 0 aliphatic heterocycles. The van der Waals surface area contributed by atoms with E-state index < -0.39 is 13.1 Å². The van der Waals surface area contributed by atoms with Crippen LogP contribution in [0.1, 0.15) is 0 Å². The number of rotatable bonds is 1. The third-order valence-corrected chi connectivity index (χ3v) is 3.40. The molecule has 0 saturated carbocycles. The second kappa shape index (κ2) is 3.32. The highest BCUT2D eigenvalue weighted by Crippen LogP contribution is 2.22. The lowest BCUT2D eigenvalue weighted by Crippen LogP contribution is -2.28. The Morgan fingerprint density at radius 2 is 1.86 bits per heavy atom. The van der Waals surface area contributed by atoms with Gasteiger partial charge in [-0.05, 0) is 0 Å². The van der Waals surface area contributed by atoms with E-state index in [0.717, 1.165) is 10.4 Å². The van der Waals surface area contributed by atoms with Gasteiger partial charge in [0.15, 0.2) is 3.42 Å². The van der Waals surface area contributed by atoms with Crippen molar-refractivity contribution in [2.75, 3.05) is 0 Å². The maximum atomic E-state index is 5.39. The predicted molar refractivity (Wildman–Crippen MR) is 41.9 cm³/mol. The maximum absolute atomic E-state index is 5.39. The summed E-state index contributed by atoms with van der Waals surface area (Å²) >= 11 is 16.2. The third-order valence-electron chi connectivity index (χ3n) is 0.377. The van der Waals surface area contributed by atoms with Crippen molar-refractivity contribution in [1.29, 1.82) is 0 Å². The minimum atomic E-state index is -0.970. The molecule has 0 aromatic rings. The second-order valence-electron chi connectivity index (χ2n) is 1.15. The van der Waals surface area contributed by atoms with Crippen LogP contribution in [0.3, 0.4) is 0 Å². The normalized spacial score (nSPS) is 14.1. The van der Waals surface area contributed by atoms with Gasteiger partial charge in [0.05, 0.1) is 10.4 Å². The molecule has 0 aliphatic carbocycles. The largest absolute Gasteiger partial charge is 0.368 e. The molecule has 0 atom stereocenters. The van der Waals surface area contributed by atoms with Gasteiger partial charge in [-0.3, -0.25) is 0 Å². The van der Waals surface area contributed by atoms with Crippen LogP contribution in [0.5, 0.6) is 0 Å². The van der Waals surface area contributed by atoms with Crippen LogP contribution >= 0.6 is 34.8 Å². The number of hydrogen-bond donors (Lipinski definition) is 1. The van der Waals surface area contributed by atoms with Gasteiger partial charge in [0.25, 0.3) is 0 Å². The zero-order chi connectivity index (χ0) is 5.91. The van der Waals surface area contributed by atoms with Gasteiger partial charge in [-0.2, -0.15) is 0 Å². The predicted octanol–water partition coefficient (Wildman–Crippen LogP) is -0.732. The lowest BCUT2D eigenvalue weighted by molar-refractivity contribution is 1.51. The van der Waals surface area contributed by atoms with E-state index >= 15 is 0 Å². The van der Waals surface area contributed by atoms with E-state index in [1.165, 1.54) is 0 Å². The molecule has 0 radical (unpaired) electrons. The zero-order valence-corrected chi connectivity index (χ0v) is 9.52. The average Bonchev–Trinajstić information content (AvgIpc) is 1.30. The highest BCUT2D eigenvalue weighted by Gasteiger charge is 2.17. The molecule has 0 bridgehead atoms. The van der Waals surface area contributed by atoms with Crippen LogP contribution in [-0.2, 0) is 0 Å².